The quantitative estimate of drug-likeness (QED) is 0.699. The summed E-state index contributed by atoms with van der Waals surface area (Å²) in [6.07, 6.45) is 1.20. The molecule has 0 N–H and O–H groups in total. The van der Waals surface area contributed by atoms with Gasteiger partial charge < -0.3 is 0 Å². The molecule has 2 aromatic carbocycles. The largest absolute Gasteiger partial charge is 0.292 e. The molecule has 0 aliphatic carbocycles. The standard InChI is InChI=1S/C16H10F2N2O2/c17-11-3-1-10(2-4-11)15(21)8-20-9-19-14-7-12(18)5-6-13(14)16(20)22/h1-7,9H,8H2. The Morgan fingerprint density at radius 3 is 2.45 bits per heavy atom. The van der Waals surface area contributed by atoms with Crippen LogP contribution in [-0.4, -0.2) is 15.3 Å². The van der Waals surface area contributed by atoms with E-state index in [2.05, 4.69) is 4.98 Å². The number of aromatic nitrogens is 2. The first-order chi connectivity index (χ1) is 10.5. The third-order valence-electron chi connectivity index (χ3n) is 3.27. The zero-order valence-corrected chi connectivity index (χ0v) is 11.3. The van der Waals surface area contributed by atoms with Crippen LogP contribution in [0, 0.1) is 11.6 Å². The summed E-state index contributed by atoms with van der Waals surface area (Å²) < 4.78 is 27.1. The number of carbonyl (C=O) groups is 1. The van der Waals surface area contributed by atoms with Gasteiger partial charge in [0.05, 0.1) is 23.8 Å². The molecule has 0 fully saturated rings. The SMILES string of the molecule is O=C(Cn1cnc2cc(F)ccc2c1=O)c1ccc(F)cc1. The van der Waals surface area contributed by atoms with Gasteiger partial charge in [0.25, 0.3) is 5.56 Å². The average Bonchev–Trinajstić information content (AvgIpc) is 2.50. The summed E-state index contributed by atoms with van der Waals surface area (Å²) in [5.41, 5.74) is 0.100. The van der Waals surface area contributed by atoms with Crippen molar-refractivity contribution in [1.82, 2.24) is 9.55 Å². The second-order valence-corrected chi connectivity index (χ2v) is 4.77. The Labute approximate surface area is 123 Å². The van der Waals surface area contributed by atoms with Crippen LogP contribution in [0.3, 0.4) is 0 Å². The molecule has 0 atom stereocenters. The molecule has 0 aliphatic heterocycles. The molecular formula is C16H10F2N2O2. The summed E-state index contributed by atoms with van der Waals surface area (Å²) >= 11 is 0. The van der Waals surface area contributed by atoms with Crippen molar-refractivity contribution in [2.24, 2.45) is 0 Å². The van der Waals surface area contributed by atoms with Gasteiger partial charge in [-0.1, -0.05) is 0 Å². The maximum atomic E-state index is 13.1. The highest BCUT2D eigenvalue weighted by molar-refractivity contribution is 5.96. The predicted octanol–water partition coefficient (Wildman–Crippen LogP) is 2.56. The molecule has 0 bridgehead atoms. The molecule has 0 aliphatic rings. The Balaban J connectivity index is 1.95. The van der Waals surface area contributed by atoms with Crippen LogP contribution in [0.25, 0.3) is 10.9 Å². The van der Waals surface area contributed by atoms with Crippen LogP contribution in [0.1, 0.15) is 10.4 Å². The Kier molecular flexibility index (Phi) is 3.50. The van der Waals surface area contributed by atoms with Crippen LogP contribution >= 0.6 is 0 Å². The molecule has 0 saturated heterocycles. The highest BCUT2D eigenvalue weighted by Gasteiger charge is 2.10. The Bertz CT molecular complexity index is 918. The molecule has 0 amide bonds. The normalized spacial score (nSPS) is 10.8. The Hall–Kier alpha value is -2.89. The number of nitrogens with zero attached hydrogens (tertiary/aromatic N) is 2. The van der Waals surface area contributed by atoms with Gasteiger partial charge in [-0.3, -0.25) is 14.2 Å². The van der Waals surface area contributed by atoms with Crippen LogP contribution in [-0.2, 0) is 6.54 Å². The smallest absolute Gasteiger partial charge is 0.261 e. The van der Waals surface area contributed by atoms with E-state index in [0.29, 0.717) is 5.56 Å². The Morgan fingerprint density at radius 2 is 1.73 bits per heavy atom. The minimum Gasteiger partial charge on any atom is -0.292 e. The number of benzene rings is 2. The lowest BCUT2D eigenvalue weighted by Gasteiger charge is -2.06. The molecule has 1 heterocycles. The molecule has 0 unspecified atom stereocenters. The molecule has 3 aromatic rings. The molecule has 1 aromatic heterocycles. The molecular weight excluding hydrogens is 290 g/mol. The van der Waals surface area contributed by atoms with E-state index in [1.807, 2.05) is 0 Å². The lowest BCUT2D eigenvalue weighted by atomic mass is 10.1. The average molecular weight is 300 g/mol. The fraction of sp³-hybridized carbons (Fsp3) is 0.0625. The van der Waals surface area contributed by atoms with Gasteiger partial charge in [-0.05, 0) is 36.4 Å². The molecule has 110 valence electrons. The van der Waals surface area contributed by atoms with Crippen LogP contribution in [0.15, 0.2) is 53.6 Å². The first kappa shape index (κ1) is 14.1. The lowest BCUT2D eigenvalue weighted by Crippen LogP contribution is -2.24. The second-order valence-electron chi connectivity index (χ2n) is 4.77. The highest BCUT2D eigenvalue weighted by Crippen LogP contribution is 2.09. The monoisotopic (exact) mass is 300 g/mol. The van der Waals surface area contributed by atoms with Crippen molar-refractivity contribution in [2.75, 3.05) is 0 Å². The maximum absolute atomic E-state index is 13.1. The minimum absolute atomic E-state index is 0.217. The number of fused-ring (bicyclic) bond motifs is 1. The number of hydrogen-bond donors (Lipinski definition) is 0. The van der Waals surface area contributed by atoms with E-state index in [-0.39, 0.29) is 23.2 Å². The van der Waals surface area contributed by atoms with E-state index in [0.717, 1.165) is 16.7 Å². The molecule has 3 rings (SSSR count). The van der Waals surface area contributed by atoms with E-state index in [1.165, 1.54) is 36.7 Å². The van der Waals surface area contributed by atoms with Crippen LogP contribution < -0.4 is 5.56 Å². The topological polar surface area (TPSA) is 52.0 Å². The summed E-state index contributed by atoms with van der Waals surface area (Å²) in [5.74, 6) is -1.27. The molecule has 0 spiro atoms. The number of hydrogen-bond acceptors (Lipinski definition) is 3. The lowest BCUT2D eigenvalue weighted by molar-refractivity contribution is 0.0970. The Morgan fingerprint density at radius 1 is 1.05 bits per heavy atom. The fourth-order valence-electron chi connectivity index (χ4n) is 2.13. The summed E-state index contributed by atoms with van der Waals surface area (Å²) in [6, 6.07) is 8.72. The van der Waals surface area contributed by atoms with Crippen molar-refractivity contribution >= 4 is 16.7 Å². The molecule has 0 saturated carbocycles. The number of carbonyl (C=O) groups excluding carboxylic acids is 1. The van der Waals surface area contributed by atoms with Gasteiger partial charge in [0.15, 0.2) is 5.78 Å². The van der Waals surface area contributed by atoms with Gasteiger partial charge in [-0.25, -0.2) is 13.8 Å². The van der Waals surface area contributed by atoms with E-state index in [4.69, 9.17) is 0 Å². The summed E-state index contributed by atoms with van der Waals surface area (Å²) in [4.78, 5) is 28.3. The second kappa shape index (κ2) is 5.48. The van der Waals surface area contributed by atoms with Crippen molar-refractivity contribution in [3.8, 4) is 0 Å². The third kappa shape index (κ3) is 2.63. The minimum atomic E-state index is -0.487. The summed E-state index contributed by atoms with van der Waals surface area (Å²) in [7, 11) is 0. The number of rotatable bonds is 3. The van der Waals surface area contributed by atoms with E-state index >= 15 is 0 Å². The molecule has 6 heteroatoms. The van der Waals surface area contributed by atoms with Crippen molar-refractivity contribution in [1.29, 1.82) is 0 Å². The van der Waals surface area contributed by atoms with Crippen molar-refractivity contribution in [3.63, 3.8) is 0 Å². The predicted molar refractivity (Wildman–Crippen MR) is 76.7 cm³/mol. The number of ketones is 1. The molecule has 0 radical (unpaired) electrons. The molecule has 22 heavy (non-hydrogen) atoms. The third-order valence-corrected chi connectivity index (χ3v) is 3.27. The number of Topliss-reactive ketones (excluding diaryl/α,β-unsaturated/α-hetero) is 1. The zero-order valence-electron chi connectivity index (χ0n) is 11.3. The van der Waals surface area contributed by atoms with Crippen molar-refractivity contribution < 1.29 is 13.6 Å². The van der Waals surface area contributed by atoms with Gasteiger partial charge in [-0.2, -0.15) is 0 Å². The van der Waals surface area contributed by atoms with Crippen LogP contribution in [0.2, 0.25) is 0 Å². The highest BCUT2D eigenvalue weighted by atomic mass is 19.1. The summed E-state index contributed by atoms with van der Waals surface area (Å²) in [5, 5.41) is 0.232. The van der Waals surface area contributed by atoms with Gasteiger partial charge in [0.2, 0.25) is 0 Å². The van der Waals surface area contributed by atoms with Gasteiger partial charge >= 0.3 is 0 Å². The van der Waals surface area contributed by atoms with E-state index in [1.54, 1.807) is 0 Å². The van der Waals surface area contributed by atoms with E-state index in [9.17, 15) is 18.4 Å². The van der Waals surface area contributed by atoms with Crippen LogP contribution in [0.4, 0.5) is 8.78 Å². The van der Waals surface area contributed by atoms with Crippen molar-refractivity contribution in [2.45, 2.75) is 6.54 Å². The summed E-state index contributed by atoms with van der Waals surface area (Å²) in [6.45, 7) is -0.217. The number of halogens is 2. The van der Waals surface area contributed by atoms with Gasteiger partial charge in [0.1, 0.15) is 11.6 Å². The van der Waals surface area contributed by atoms with Gasteiger partial charge in [0, 0.05) is 11.6 Å². The van der Waals surface area contributed by atoms with Crippen molar-refractivity contribution in [3.05, 3.63) is 76.3 Å². The van der Waals surface area contributed by atoms with Gasteiger partial charge in [-0.15, -0.1) is 0 Å². The zero-order chi connectivity index (χ0) is 15.7. The maximum Gasteiger partial charge on any atom is 0.261 e. The first-order valence-electron chi connectivity index (χ1n) is 6.48. The first-order valence-corrected chi connectivity index (χ1v) is 6.48. The van der Waals surface area contributed by atoms with Crippen LogP contribution in [0.5, 0.6) is 0 Å². The molecule has 4 nitrogen and oxygen atoms in total. The fourth-order valence-corrected chi connectivity index (χ4v) is 2.13. The van der Waals surface area contributed by atoms with E-state index < -0.39 is 17.2 Å².